The van der Waals surface area contributed by atoms with Gasteiger partial charge < -0.3 is 19.9 Å². The van der Waals surface area contributed by atoms with Gasteiger partial charge in [-0.25, -0.2) is 4.98 Å². The number of hydrogen-bond acceptors (Lipinski definition) is 7. The molecule has 4 aromatic rings. The van der Waals surface area contributed by atoms with Crippen molar-refractivity contribution in [3.05, 3.63) is 57.6 Å². The molecule has 0 bridgehead atoms. The predicted molar refractivity (Wildman–Crippen MR) is 104 cm³/mol. The van der Waals surface area contributed by atoms with Crippen LogP contribution in [0.15, 0.2) is 36.4 Å². The van der Waals surface area contributed by atoms with Gasteiger partial charge in [-0.15, -0.1) is 0 Å². The van der Waals surface area contributed by atoms with Crippen LogP contribution >= 0.6 is 0 Å². The van der Waals surface area contributed by atoms with Gasteiger partial charge in [-0.05, 0) is 29.8 Å². The first-order valence-corrected chi connectivity index (χ1v) is 8.66. The first-order chi connectivity index (χ1) is 14.0. The summed E-state index contributed by atoms with van der Waals surface area (Å²) in [5, 5.41) is 37.3. The van der Waals surface area contributed by atoms with Crippen LogP contribution in [0, 0.1) is 10.1 Å². The van der Waals surface area contributed by atoms with Crippen LogP contribution in [0.2, 0.25) is 0 Å². The van der Waals surface area contributed by atoms with Gasteiger partial charge in [-0.3, -0.25) is 15.2 Å². The third-order valence-electron chi connectivity index (χ3n) is 4.65. The average molecular weight is 395 g/mol. The highest BCUT2D eigenvalue weighted by atomic mass is 16.6. The number of aromatic nitrogens is 4. The fourth-order valence-electron chi connectivity index (χ4n) is 3.18. The van der Waals surface area contributed by atoms with Crippen LogP contribution in [0.3, 0.4) is 0 Å². The van der Waals surface area contributed by atoms with E-state index < -0.39 is 4.92 Å². The molecule has 0 spiro atoms. The second kappa shape index (κ2) is 7.34. The third-order valence-corrected chi connectivity index (χ3v) is 4.65. The number of ether oxygens (including phenoxy) is 1. The molecule has 0 radical (unpaired) electrons. The third kappa shape index (κ3) is 3.30. The molecule has 4 N–H and O–H groups in total. The Labute approximate surface area is 164 Å². The van der Waals surface area contributed by atoms with E-state index in [0.717, 1.165) is 0 Å². The van der Waals surface area contributed by atoms with Crippen molar-refractivity contribution >= 4 is 16.7 Å². The number of aromatic amines is 2. The molecule has 0 aliphatic carbocycles. The highest BCUT2D eigenvalue weighted by Crippen LogP contribution is 2.32. The van der Waals surface area contributed by atoms with E-state index in [9.17, 15) is 20.3 Å². The standard InChI is InChI=1S/C19H17N5O5/c1-29-18-5-10(4-11(8-25)13(18)9-26)15-7-17(23-22-15)19-20-14-3-2-12(24(27)28)6-16(14)21-19/h2-7,25-26H,8-9H2,1H3,(H,20,21)(H,22,23). The molecule has 0 aliphatic rings. The molecule has 0 saturated carbocycles. The van der Waals surface area contributed by atoms with Crippen molar-refractivity contribution < 1.29 is 19.9 Å². The van der Waals surface area contributed by atoms with Gasteiger partial charge in [-0.2, -0.15) is 5.10 Å². The molecule has 0 fully saturated rings. The zero-order chi connectivity index (χ0) is 20.5. The van der Waals surface area contributed by atoms with Gasteiger partial charge in [-0.1, -0.05) is 0 Å². The number of rotatable bonds is 6. The second-order valence-electron chi connectivity index (χ2n) is 6.34. The van der Waals surface area contributed by atoms with Gasteiger partial charge in [0, 0.05) is 23.3 Å². The lowest BCUT2D eigenvalue weighted by Gasteiger charge is -2.12. The highest BCUT2D eigenvalue weighted by Gasteiger charge is 2.16. The highest BCUT2D eigenvalue weighted by molar-refractivity contribution is 5.81. The van der Waals surface area contributed by atoms with Crippen LogP contribution in [0.4, 0.5) is 5.69 Å². The molecule has 0 unspecified atom stereocenters. The van der Waals surface area contributed by atoms with E-state index in [4.69, 9.17) is 4.74 Å². The van der Waals surface area contributed by atoms with Crippen LogP contribution in [0.1, 0.15) is 11.1 Å². The Kier molecular flexibility index (Phi) is 4.71. The number of benzene rings is 2. The zero-order valence-corrected chi connectivity index (χ0v) is 15.3. The number of H-pyrrole nitrogens is 2. The van der Waals surface area contributed by atoms with E-state index in [-0.39, 0.29) is 18.9 Å². The van der Waals surface area contributed by atoms with Crippen molar-refractivity contribution in [2.24, 2.45) is 0 Å². The Hall–Kier alpha value is -3.76. The second-order valence-corrected chi connectivity index (χ2v) is 6.34. The van der Waals surface area contributed by atoms with Crippen LogP contribution in [-0.4, -0.2) is 42.4 Å². The fraction of sp³-hybridized carbons (Fsp3) is 0.158. The van der Waals surface area contributed by atoms with Crippen LogP contribution < -0.4 is 4.74 Å². The lowest BCUT2D eigenvalue weighted by atomic mass is 10.0. The minimum absolute atomic E-state index is 0.0226. The van der Waals surface area contributed by atoms with Gasteiger partial charge in [0.1, 0.15) is 11.4 Å². The topological polar surface area (TPSA) is 150 Å². The maximum Gasteiger partial charge on any atom is 0.271 e. The normalized spacial score (nSPS) is 11.1. The van der Waals surface area contributed by atoms with Crippen molar-refractivity contribution in [2.75, 3.05) is 7.11 Å². The number of nitro benzene ring substituents is 1. The van der Waals surface area contributed by atoms with E-state index in [1.54, 1.807) is 24.3 Å². The quantitative estimate of drug-likeness (QED) is 0.289. The minimum Gasteiger partial charge on any atom is -0.496 e. The summed E-state index contributed by atoms with van der Waals surface area (Å²) >= 11 is 0. The Bertz CT molecular complexity index is 1190. The largest absolute Gasteiger partial charge is 0.496 e. The first kappa shape index (κ1) is 18.6. The molecular formula is C19H17N5O5. The predicted octanol–water partition coefficient (Wildman–Crippen LogP) is 2.52. The molecule has 0 atom stereocenters. The van der Waals surface area contributed by atoms with E-state index in [2.05, 4.69) is 20.2 Å². The summed E-state index contributed by atoms with van der Waals surface area (Å²) in [6.07, 6.45) is 0. The van der Waals surface area contributed by atoms with Crippen molar-refractivity contribution in [3.63, 3.8) is 0 Å². The summed E-state index contributed by atoms with van der Waals surface area (Å²) in [5.41, 5.74) is 4.05. The number of hydrogen-bond donors (Lipinski definition) is 4. The number of aliphatic hydroxyl groups is 2. The van der Waals surface area contributed by atoms with E-state index in [0.29, 0.717) is 50.7 Å². The van der Waals surface area contributed by atoms with Crippen LogP contribution in [0.25, 0.3) is 33.8 Å². The summed E-state index contributed by atoms with van der Waals surface area (Å²) in [4.78, 5) is 18.0. The molecule has 4 rings (SSSR count). The molecule has 2 aromatic heterocycles. The SMILES string of the molecule is COc1cc(-c2cc(-c3nc4ccc([N+](=O)[O-])cc4[nH]3)[nH]n2)cc(CO)c1CO. The number of aliphatic hydroxyl groups excluding tert-OH is 2. The van der Waals surface area contributed by atoms with Crippen molar-refractivity contribution in [2.45, 2.75) is 13.2 Å². The Morgan fingerprint density at radius 2 is 2.00 bits per heavy atom. The Morgan fingerprint density at radius 1 is 1.17 bits per heavy atom. The lowest BCUT2D eigenvalue weighted by molar-refractivity contribution is -0.384. The summed E-state index contributed by atoms with van der Waals surface area (Å²) in [7, 11) is 1.49. The molecular weight excluding hydrogens is 378 g/mol. The molecule has 2 aromatic carbocycles. The molecule has 0 aliphatic heterocycles. The van der Waals surface area contributed by atoms with Gasteiger partial charge in [0.15, 0.2) is 5.82 Å². The van der Waals surface area contributed by atoms with Crippen LogP contribution in [0.5, 0.6) is 5.75 Å². The van der Waals surface area contributed by atoms with E-state index in [1.807, 2.05) is 0 Å². The van der Waals surface area contributed by atoms with E-state index >= 15 is 0 Å². The number of nitrogens with zero attached hydrogens (tertiary/aromatic N) is 3. The van der Waals surface area contributed by atoms with Gasteiger partial charge in [0.05, 0.1) is 42.0 Å². The van der Waals surface area contributed by atoms with E-state index in [1.165, 1.54) is 19.2 Å². The number of nitro groups is 1. The van der Waals surface area contributed by atoms with Crippen molar-refractivity contribution in [3.8, 4) is 28.5 Å². The number of methoxy groups -OCH3 is 1. The van der Waals surface area contributed by atoms with Crippen LogP contribution in [-0.2, 0) is 13.2 Å². The van der Waals surface area contributed by atoms with Gasteiger partial charge >= 0.3 is 0 Å². The Balaban J connectivity index is 1.73. The Morgan fingerprint density at radius 3 is 2.69 bits per heavy atom. The number of non-ortho nitro benzene ring substituents is 1. The summed E-state index contributed by atoms with van der Waals surface area (Å²) in [5.74, 6) is 0.940. The lowest BCUT2D eigenvalue weighted by Crippen LogP contribution is -1.99. The summed E-state index contributed by atoms with van der Waals surface area (Å²) < 4.78 is 5.32. The van der Waals surface area contributed by atoms with Gasteiger partial charge in [0.25, 0.3) is 5.69 Å². The summed E-state index contributed by atoms with van der Waals surface area (Å²) in [6.45, 7) is -0.504. The molecule has 10 nitrogen and oxygen atoms in total. The number of nitrogens with one attached hydrogen (secondary N) is 2. The molecule has 10 heteroatoms. The molecule has 2 heterocycles. The molecule has 0 saturated heterocycles. The average Bonchev–Trinajstić information content (AvgIpc) is 3.38. The van der Waals surface area contributed by atoms with Crippen molar-refractivity contribution in [1.82, 2.24) is 20.2 Å². The number of imidazole rings is 1. The van der Waals surface area contributed by atoms with Gasteiger partial charge in [0.2, 0.25) is 0 Å². The first-order valence-electron chi connectivity index (χ1n) is 8.66. The monoisotopic (exact) mass is 395 g/mol. The summed E-state index contributed by atoms with van der Waals surface area (Å²) in [6, 6.07) is 9.63. The molecule has 148 valence electrons. The zero-order valence-electron chi connectivity index (χ0n) is 15.3. The maximum absolute atomic E-state index is 10.9. The fourth-order valence-corrected chi connectivity index (χ4v) is 3.18. The minimum atomic E-state index is -0.462. The maximum atomic E-state index is 10.9. The molecule has 29 heavy (non-hydrogen) atoms. The molecule has 0 amide bonds. The number of fused-ring (bicyclic) bond motifs is 1. The smallest absolute Gasteiger partial charge is 0.271 e. The van der Waals surface area contributed by atoms with Crippen molar-refractivity contribution in [1.29, 1.82) is 0 Å².